The maximum Gasteiger partial charge on any atom is 0.280 e. The molecule has 4 aromatic rings. The zero-order valence-electron chi connectivity index (χ0n) is 21.8. The van der Waals surface area contributed by atoms with Crippen molar-refractivity contribution in [2.24, 2.45) is 0 Å². The Labute approximate surface area is 201 Å². The zero-order chi connectivity index (χ0) is 27.4. The van der Waals surface area contributed by atoms with Crippen LogP contribution in [0.5, 0.6) is 5.88 Å². The van der Waals surface area contributed by atoms with Gasteiger partial charge in [0, 0.05) is 22.4 Å². The third-order valence-electron chi connectivity index (χ3n) is 6.11. The number of benzene rings is 1. The van der Waals surface area contributed by atoms with Crippen LogP contribution in [-0.4, -0.2) is 80.1 Å². The lowest BCUT2D eigenvalue weighted by molar-refractivity contribution is -0.0675. The average Bonchev–Trinajstić information content (AvgIpc) is 3.47. The minimum atomic E-state index is -3.35. The lowest BCUT2D eigenvalue weighted by Crippen LogP contribution is -2.53. The lowest BCUT2D eigenvalue weighted by Gasteiger charge is -2.36. The van der Waals surface area contributed by atoms with Crippen molar-refractivity contribution in [3.63, 3.8) is 0 Å². The lowest BCUT2D eigenvalue weighted by atomic mass is 10.0. The van der Waals surface area contributed by atoms with Crippen molar-refractivity contribution >= 4 is 22.5 Å². The van der Waals surface area contributed by atoms with E-state index in [-0.39, 0.29) is 24.8 Å². The Morgan fingerprint density at radius 1 is 1.29 bits per heavy atom. The van der Waals surface area contributed by atoms with Crippen LogP contribution in [-0.2, 0) is 0 Å². The molecule has 4 heterocycles. The molecular weight excluding hydrogens is 468 g/mol. The van der Waals surface area contributed by atoms with E-state index in [0.29, 0.717) is 27.7 Å². The van der Waals surface area contributed by atoms with Crippen molar-refractivity contribution in [1.29, 1.82) is 0 Å². The van der Waals surface area contributed by atoms with Gasteiger partial charge in [0.05, 0.1) is 25.2 Å². The number of nitrogens with one attached hydrogen (secondary N) is 1. The molecule has 1 N–H and O–H groups in total. The van der Waals surface area contributed by atoms with E-state index < -0.39 is 38.0 Å². The number of anilines is 1. The molecule has 35 heavy (non-hydrogen) atoms. The SMILES string of the molecule is [2H]C([2H])([2H])N1CC[C@@H](Nc2nc(OC)c3c(-c4ccc5nnn([C@@H](C)C(F)F)c5c4)ccn3n2)C(F)(F)C1. The van der Waals surface area contributed by atoms with E-state index in [1.807, 2.05) is 0 Å². The van der Waals surface area contributed by atoms with E-state index in [2.05, 4.69) is 25.7 Å². The number of hydrogen-bond acceptors (Lipinski definition) is 7. The second-order valence-corrected chi connectivity index (χ2v) is 8.45. The number of rotatable bonds is 6. The molecule has 1 aliphatic rings. The van der Waals surface area contributed by atoms with Crippen molar-refractivity contribution in [3.8, 4) is 17.0 Å². The number of fused-ring (bicyclic) bond motifs is 2. The number of alkyl halides is 4. The van der Waals surface area contributed by atoms with Crippen LogP contribution in [0.25, 0.3) is 27.7 Å². The molecule has 5 rings (SSSR count). The monoisotopic (exact) mass is 495 g/mol. The van der Waals surface area contributed by atoms with Crippen LogP contribution in [0.15, 0.2) is 30.5 Å². The van der Waals surface area contributed by atoms with Gasteiger partial charge in [-0.15, -0.1) is 10.2 Å². The summed E-state index contributed by atoms with van der Waals surface area (Å²) in [6, 6.07) is 4.23. The third-order valence-corrected chi connectivity index (χ3v) is 6.11. The molecule has 0 unspecified atom stereocenters. The van der Waals surface area contributed by atoms with Crippen LogP contribution in [0.4, 0.5) is 23.5 Å². The van der Waals surface area contributed by atoms with Crippen molar-refractivity contribution in [1.82, 2.24) is 34.5 Å². The molecule has 0 aliphatic carbocycles. The van der Waals surface area contributed by atoms with Gasteiger partial charge in [0.1, 0.15) is 17.1 Å². The Hall–Kier alpha value is -3.48. The predicted molar refractivity (Wildman–Crippen MR) is 121 cm³/mol. The smallest absolute Gasteiger partial charge is 0.280 e. The normalized spacial score (nSPS) is 21.1. The molecule has 3 aromatic heterocycles. The average molecular weight is 495 g/mol. The number of nitrogens with zero attached hydrogens (tertiary/aromatic N) is 7. The van der Waals surface area contributed by atoms with Gasteiger partial charge in [0.25, 0.3) is 12.3 Å². The summed E-state index contributed by atoms with van der Waals surface area (Å²) in [7, 11) is 1.37. The van der Waals surface area contributed by atoms with E-state index in [4.69, 9.17) is 8.85 Å². The van der Waals surface area contributed by atoms with Gasteiger partial charge < -0.3 is 15.0 Å². The molecule has 1 aromatic carbocycles. The first-order chi connectivity index (χ1) is 17.9. The van der Waals surface area contributed by atoms with Gasteiger partial charge in [-0.3, -0.25) is 0 Å². The quantitative estimate of drug-likeness (QED) is 0.408. The Morgan fingerprint density at radius 3 is 2.83 bits per heavy atom. The van der Waals surface area contributed by atoms with Gasteiger partial charge in [-0.05, 0) is 44.1 Å². The maximum absolute atomic E-state index is 14.8. The molecule has 0 radical (unpaired) electrons. The van der Waals surface area contributed by atoms with Crippen LogP contribution in [0.2, 0.25) is 0 Å². The molecule has 1 fully saturated rings. The minimum Gasteiger partial charge on any atom is -0.479 e. The molecule has 1 saturated heterocycles. The standard InChI is InChI=1S/C22H24F4N8O/c1-12(19(23)24)34-16-10-13(4-5-15(16)29-31-34)14-6-9-33-18(14)20(35-3)28-21(30-33)27-17-7-8-32(2)11-22(17,25)26/h4-6,9-10,12,17,19H,7-8,11H2,1-3H3,(H,27,30)/t12-,17+/m0/s1/i2D3. The number of hydrogen-bond donors (Lipinski definition) is 1. The van der Waals surface area contributed by atoms with Crippen molar-refractivity contribution < 1.29 is 26.4 Å². The fraction of sp³-hybridized carbons (Fsp3) is 0.455. The second-order valence-electron chi connectivity index (χ2n) is 8.45. The topological polar surface area (TPSA) is 85.4 Å². The Morgan fingerprint density at radius 2 is 2.11 bits per heavy atom. The Kier molecular flexibility index (Phi) is 4.88. The number of piperidine rings is 1. The number of ether oxygens (including phenoxy) is 1. The first-order valence-corrected chi connectivity index (χ1v) is 10.9. The molecule has 0 saturated carbocycles. The molecule has 1 aliphatic heterocycles. The number of methoxy groups -OCH3 is 1. The summed E-state index contributed by atoms with van der Waals surface area (Å²) in [5.41, 5.74) is 2.55. The summed E-state index contributed by atoms with van der Waals surface area (Å²) in [6.07, 6.45) is -1.17. The van der Waals surface area contributed by atoms with E-state index >= 15 is 0 Å². The van der Waals surface area contributed by atoms with Crippen LogP contribution in [0.3, 0.4) is 0 Å². The van der Waals surface area contributed by atoms with Gasteiger partial charge in [0.15, 0.2) is 0 Å². The number of likely N-dealkylation sites (tertiary alicyclic amines) is 1. The van der Waals surface area contributed by atoms with Gasteiger partial charge in [-0.25, -0.2) is 26.8 Å². The van der Waals surface area contributed by atoms with Gasteiger partial charge in [-0.2, -0.15) is 4.98 Å². The maximum atomic E-state index is 14.8. The van der Waals surface area contributed by atoms with Gasteiger partial charge >= 0.3 is 0 Å². The highest BCUT2D eigenvalue weighted by atomic mass is 19.3. The van der Waals surface area contributed by atoms with E-state index in [9.17, 15) is 17.6 Å². The van der Waals surface area contributed by atoms with E-state index in [1.54, 1.807) is 30.5 Å². The molecule has 186 valence electrons. The van der Waals surface area contributed by atoms with E-state index in [1.165, 1.54) is 18.5 Å². The first kappa shape index (κ1) is 19.8. The molecule has 0 spiro atoms. The molecule has 0 amide bonds. The fourth-order valence-electron chi connectivity index (χ4n) is 4.21. The first-order valence-electron chi connectivity index (χ1n) is 12.4. The summed E-state index contributed by atoms with van der Waals surface area (Å²) in [5.74, 6) is -3.37. The van der Waals surface area contributed by atoms with Crippen molar-refractivity contribution in [3.05, 3.63) is 30.5 Å². The third kappa shape index (κ3) is 4.13. The van der Waals surface area contributed by atoms with Crippen LogP contribution in [0, 0.1) is 0 Å². The minimum absolute atomic E-state index is 0.0467. The van der Waals surface area contributed by atoms with Gasteiger partial charge in [-0.1, -0.05) is 11.3 Å². The fourth-order valence-corrected chi connectivity index (χ4v) is 4.21. The highest BCUT2D eigenvalue weighted by Gasteiger charge is 2.44. The number of halogens is 4. The zero-order valence-corrected chi connectivity index (χ0v) is 18.8. The molecule has 9 nitrogen and oxygen atoms in total. The summed E-state index contributed by atoms with van der Waals surface area (Å²) < 4.78 is 86.5. The highest BCUT2D eigenvalue weighted by Crippen LogP contribution is 2.34. The van der Waals surface area contributed by atoms with Crippen molar-refractivity contribution in [2.75, 3.05) is 32.5 Å². The number of aromatic nitrogens is 6. The second kappa shape index (κ2) is 8.63. The largest absolute Gasteiger partial charge is 0.479 e. The van der Waals surface area contributed by atoms with Crippen molar-refractivity contribution in [2.45, 2.75) is 37.8 Å². The summed E-state index contributed by atoms with van der Waals surface area (Å²) in [5, 5.41) is 14.8. The Bertz CT molecular complexity index is 1470. The Balaban J connectivity index is 1.48. The van der Waals surface area contributed by atoms with Crippen LogP contribution < -0.4 is 10.1 Å². The highest BCUT2D eigenvalue weighted by molar-refractivity contribution is 5.89. The van der Waals surface area contributed by atoms with E-state index in [0.717, 1.165) is 9.58 Å². The molecule has 2 atom stereocenters. The van der Waals surface area contributed by atoms with Gasteiger partial charge in [0.2, 0.25) is 11.8 Å². The van der Waals surface area contributed by atoms with Crippen LogP contribution >= 0.6 is 0 Å². The summed E-state index contributed by atoms with van der Waals surface area (Å²) in [6.45, 7) is -2.23. The molecule has 0 bridgehead atoms. The summed E-state index contributed by atoms with van der Waals surface area (Å²) in [4.78, 5) is 5.05. The molecular formula is C22H24F4N8O. The summed E-state index contributed by atoms with van der Waals surface area (Å²) >= 11 is 0. The predicted octanol–water partition coefficient (Wildman–Crippen LogP) is 3.73. The molecule has 13 heteroatoms. The van der Waals surface area contributed by atoms with Crippen LogP contribution in [0.1, 0.15) is 23.5 Å².